The van der Waals surface area contributed by atoms with E-state index in [2.05, 4.69) is 9.97 Å². The Kier molecular flexibility index (Phi) is 5.60. The molecule has 10 nitrogen and oxygen atoms in total. The lowest BCUT2D eigenvalue weighted by Crippen LogP contribution is -2.32. The Bertz CT molecular complexity index is 968. The third-order valence-electron chi connectivity index (χ3n) is 4.25. The van der Waals surface area contributed by atoms with Gasteiger partial charge in [0.15, 0.2) is 11.9 Å². The molecule has 0 bridgehead atoms. The fourth-order valence-electron chi connectivity index (χ4n) is 2.77. The van der Waals surface area contributed by atoms with Crippen molar-refractivity contribution in [2.24, 2.45) is 0 Å². The molecule has 3 rings (SSSR count). The molecule has 1 unspecified atom stereocenters. The molecule has 148 valence electrons. The largest absolute Gasteiger partial charge is 0.390 e. The van der Waals surface area contributed by atoms with Crippen molar-refractivity contribution in [2.75, 3.05) is 19.8 Å². The third-order valence-corrected chi connectivity index (χ3v) is 6.64. The number of rotatable bonds is 5. The maximum atomic E-state index is 12.6. The molecule has 4 N–H and O–H groups in total. The highest BCUT2D eigenvalue weighted by Gasteiger charge is 2.42. The smallest absolute Gasteiger partial charge is 0.311 e. The van der Waals surface area contributed by atoms with E-state index in [-0.39, 0.29) is 28.6 Å². The summed E-state index contributed by atoms with van der Waals surface area (Å²) >= 11 is 2.04. The van der Waals surface area contributed by atoms with E-state index in [1.807, 2.05) is 6.92 Å². The zero-order valence-electron chi connectivity index (χ0n) is 15.0. The van der Waals surface area contributed by atoms with E-state index in [4.69, 9.17) is 10.5 Å². The van der Waals surface area contributed by atoms with Gasteiger partial charge in [-0.2, -0.15) is 4.98 Å². The van der Waals surface area contributed by atoms with Gasteiger partial charge in [-0.05, 0) is 6.42 Å². The zero-order valence-corrected chi connectivity index (χ0v) is 16.7. The summed E-state index contributed by atoms with van der Waals surface area (Å²) in [6.07, 6.45) is -1.03. The van der Waals surface area contributed by atoms with Crippen LogP contribution in [0.4, 0.5) is 5.95 Å². The number of aromatic nitrogens is 3. The Labute approximate surface area is 162 Å². The number of nitrogen functional groups attached to an aromatic ring is 1. The number of aliphatic hydroxyl groups is 1. The second-order valence-electron chi connectivity index (χ2n) is 6.38. The van der Waals surface area contributed by atoms with Gasteiger partial charge in [0.25, 0.3) is 5.56 Å². The van der Waals surface area contributed by atoms with E-state index in [1.165, 1.54) is 21.2 Å². The summed E-state index contributed by atoms with van der Waals surface area (Å²) in [6.45, 7) is 1.82. The van der Waals surface area contributed by atoms with E-state index >= 15 is 0 Å². The molecule has 1 saturated heterocycles. The molecule has 27 heavy (non-hydrogen) atoms. The lowest BCUT2D eigenvalue weighted by Gasteiger charge is -2.20. The Morgan fingerprint density at radius 1 is 1.48 bits per heavy atom. The van der Waals surface area contributed by atoms with Crippen LogP contribution in [0.2, 0.25) is 0 Å². The van der Waals surface area contributed by atoms with E-state index in [0.29, 0.717) is 6.42 Å². The molecule has 0 spiro atoms. The number of carbonyl (C=O) groups is 1. The number of amides is 1. The highest BCUT2D eigenvalue weighted by atomic mass is 32.2. The lowest BCUT2D eigenvalue weighted by molar-refractivity contribution is -0.129. The molecule has 1 fully saturated rings. The number of fused-ring (bicyclic) bond motifs is 1. The van der Waals surface area contributed by atoms with Crippen molar-refractivity contribution in [1.29, 1.82) is 0 Å². The predicted octanol–water partition coefficient (Wildman–Crippen LogP) is -0.0656. The van der Waals surface area contributed by atoms with Gasteiger partial charge in [-0.15, -0.1) is 11.8 Å². The van der Waals surface area contributed by atoms with E-state index < -0.39 is 33.5 Å². The lowest BCUT2D eigenvalue weighted by atomic mass is 10.2. The van der Waals surface area contributed by atoms with E-state index in [1.54, 1.807) is 14.1 Å². The number of hydrogen-bond donors (Lipinski definition) is 3. The second-order valence-corrected chi connectivity index (χ2v) is 8.68. The highest BCUT2D eigenvalue weighted by Crippen LogP contribution is 2.43. The van der Waals surface area contributed by atoms with Gasteiger partial charge >= 0.3 is 4.87 Å². The van der Waals surface area contributed by atoms with Crippen LogP contribution in [0.25, 0.3) is 10.3 Å². The fourth-order valence-corrected chi connectivity index (χ4v) is 5.07. The van der Waals surface area contributed by atoms with Gasteiger partial charge in [0.1, 0.15) is 10.1 Å². The Morgan fingerprint density at radius 3 is 2.81 bits per heavy atom. The number of aliphatic hydroxyl groups excluding tert-OH is 1. The van der Waals surface area contributed by atoms with Gasteiger partial charge in [-0.1, -0.05) is 18.3 Å². The van der Waals surface area contributed by atoms with Crippen molar-refractivity contribution in [3.05, 3.63) is 20.0 Å². The number of hydrogen-bond acceptors (Lipinski definition) is 9. The standard InChI is InChI=1S/C15H21N5O5S2/c1-4-6(21)13-25-12(7(26-13)5-8(22)19(2)3)20-10-9(27-15(20)24)11(23)18-14(16)17-10/h6-7,12-13,21H,4-5H2,1-3H3,(H3,16,17,18,23)/t6-,7-,12+,13?/m0/s1. The van der Waals surface area contributed by atoms with Gasteiger partial charge < -0.3 is 20.5 Å². The molecular formula is C15H21N5O5S2. The van der Waals surface area contributed by atoms with Crippen LogP contribution in [0, 0.1) is 0 Å². The minimum Gasteiger partial charge on any atom is -0.390 e. The van der Waals surface area contributed by atoms with E-state index in [9.17, 15) is 19.5 Å². The first kappa shape index (κ1) is 19.9. The number of nitrogens with two attached hydrogens (primary N) is 1. The predicted molar refractivity (Wildman–Crippen MR) is 104 cm³/mol. The van der Waals surface area contributed by atoms with Crippen LogP contribution in [-0.2, 0) is 9.53 Å². The Balaban J connectivity index is 2.07. The minimum absolute atomic E-state index is 0.109. The first-order valence-corrected chi connectivity index (χ1v) is 10.1. The van der Waals surface area contributed by atoms with Crippen molar-refractivity contribution in [3.8, 4) is 0 Å². The number of nitrogens with zero attached hydrogens (tertiary/aromatic N) is 3. The van der Waals surface area contributed by atoms with Crippen molar-refractivity contribution in [2.45, 2.75) is 42.8 Å². The highest BCUT2D eigenvalue weighted by molar-refractivity contribution is 8.00. The molecule has 0 aliphatic carbocycles. The van der Waals surface area contributed by atoms with Gasteiger partial charge in [-0.25, -0.2) is 0 Å². The van der Waals surface area contributed by atoms with Gasteiger partial charge in [0.05, 0.1) is 11.4 Å². The van der Waals surface area contributed by atoms with Crippen LogP contribution in [-0.4, -0.2) is 61.3 Å². The summed E-state index contributed by atoms with van der Waals surface area (Å²) in [6, 6.07) is 0. The average Bonchev–Trinajstić information content (AvgIpc) is 3.14. The molecule has 1 aliphatic rings. The number of thiazole rings is 1. The molecule has 0 aromatic carbocycles. The topological polar surface area (TPSA) is 144 Å². The van der Waals surface area contributed by atoms with Crippen molar-refractivity contribution < 1.29 is 14.6 Å². The number of carbonyl (C=O) groups excluding carboxylic acids is 1. The number of nitrogens with one attached hydrogen (secondary N) is 1. The van der Waals surface area contributed by atoms with Crippen molar-refractivity contribution in [3.63, 3.8) is 0 Å². The molecule has 0 saturated carbocycles. The Morgan fingerprint density at radius 2 is 2.19 bits per heavy atom. The molecule has 4 atom stereocenters. The number of aromatic amines is 1. The molecule has 1 amide bonds. The van der Waals surface area contributed by atoms with Crippen molar-refractivity contribution >= 4 is 45.3 Å². The molecule has 2 aromatic heterocycles. The summed E-state index contributed by atoms with van der Waals surface area (Å²) in [5.74, 6) is -0.249. The molecule has 1 aliphatic heterocycles. The van der Waals surface area contributed by atoms with Crippen LogP contribution in [0.1, 0.15) is 26.0 Å². The zero-order chi connectivity index (χ0) is 19.9. The summed E-state index contributed by atoms with van der Waals surface area (Å²) in [5.41, 5.74) is 4.65. The third kappa shape index (κ3) is 3.74. The van der Waals surface area contributed by atoms with Gasteiger partial charge in [-0.3, -0.25) is 23.9 Å². The fraction of sp³-hybridized carbons (Fsp3) is 0.600. The molecule has 0 radical (unpaired) electrons. The average molecular weight is 415 g/mol. The van der Waals surface area contributed by atoms with Crippen LogP contribution < -0.4 is 16.2 Å². The van der Waals surface area contributed by atoms with Gasteiger partial charge in [0, 0.05) is 20.5 Å². The first-order valence-electron chi connectivity index (χ1n) is 8.32. The quantitative estimate of drug-likeness (QED) is 0.616. The number of ether oxygens (including phenoxy) is 1. The second kappa shape index (κ2) is 7.62. The van der Waals surface area contributed by atoms with E-state index in [0.717, 1.165) is 11.3 Å². The van der Waals surface area contributed by atoms with Crippen molar-refractivity contribution in [1.82, 2.24) is 19.4 Å². The van der Waals surface area contributed by atoms with Crippen LogP contribution >= 0.6 is 23.1 Å². The first-order chi connectivity index (χ1) is 12.7. The summed E-state index contributed by atoms with van der Waals surface area (Å²) < 4.78 is 7.34. The van der Waals surface area contributed by atoms with Gasteiger partial charge in [0.2, 0.25) is 11.9 Å². The Hall–Kier alpha value is -1.89. The van der Waals surface area contributed by atoms with Crippen LogP contribution in [0.3, 0.4) is 0 Å². The maximum Gasteiger partial charge on any atom is 0.311 e. The SMILES string of the molecule is CC[C@H](O)C1O[C@@H](n2c(=O)sc3c(=O)[nH]c(N)nc32)[C@H](CC(=O)N(C)C)S1. The molecule has 2 aromatic rings. The normalized spacial score (nSPS) is 23.6. The number of H-pyrrole nitrogens is 1. The van der Waals surface area contributed by atoms with Crippen LogP contribution in [0.15, 0.2) is 9.59 Å². The number of anilines is 1. The monoisotopic (exact) mass is 415 g/mol. The number of thioether (sulfide) groups is 1. The van der Waals surface area contributed by atoms with Crippen LogP contribution in [0.5, 0.6) is 0 Å². The summed E-state index contributed by atoms with van der Waals surface area (Å²) in [4.78, 5) is 44.4. The molecule has 12 heteroatoms. The summed E-state index contributed by atoms with van der Waals surface area (Å²) in [7, 11) is 3.29. The minimum atomic E-state index is -0.847. The summed E-state index contributed by atoms with van der Waals surface area (Å²) in [5, 5.41) is 9.76. The molecular weight excluding hydrogens is 394 g/mol. The maximum absolute atomic E-state index is 12.6. The molecule has 3 heterocycles.